The summed E-state index contributed by atoms with van der Waals surface area (Å²) in [6.45, 7) is 7.45. The number of aliphatic imine (C=N–C) groups is 1. The Morgan fingerprint density at radius 2 is 2.05 bits per heavy atom. The number of ether oxygens (including phenoxy) is 1. The molecule has 1 aliphatic heterocycles. The Morgan fingerprint density at radius 1 is 1.32 bits per heavy atom. The van der Waals surface area contributed by atoms with Crippen LogP contribution in [0, 0.1) is 11.3 Å². The van der Waals surface area contributed by atoms with Gasteiger partial charge in [-0.15, -0.1) is 0 Å². The third-order valence-corrected chi connectivity index (χ3v) is 5.05. The van der Waals surface area contributed by atoms with E-state index in [1.54, 1.807) is 0 Å². The predicted molar refractivity (Wildman–Crippen MR) is 77.3 cm³/mol. The van der Waals surface area contributed by atoms with Crippen molar-refractivity contribution in [2.75, 3.05) is 13.7 Å². The van der Waals surface area contributed by atoms with Crippen LogP contribution in [0.4, 0.5) is 0 Å². The van der Waals surface area contributed by atoms with Crippen molar-refractivity contribution in [2.24, 2.45) is 16.3 Å². The second-order valence-electron chi connectivity index (χ2n) is 7.40. The van der Waals surface area contributed by atoms with E-state index in [4.69, 9.17) is 4.74 Å². The highest BCUT2D eigenvalue weighted by Crippen LogP contribution is 2.62. The lowest BCUT2D eigenvalue weighted by molar-refractivity contribution is -0.171. The van der Waals surface area contributed by atoms with Crippen molar-refractivity contribution in [1.29, 1.82) is 0 Å². The van der Waals surface area contributed by atoms with Gasteiger partial charge in [-0.25, -0.2) is 0 Å². The first-order valence-corrected chi connectivity index (χ1v) is 7.59. The summed E-state index contributed by atoms with van der Waals surface area (Å²) in [5.41, 5.74) is 0.459. The monoisotopic (exact) mass is 265 g/mol. The maximum Gasteiger partial charge on any atom is 0.191 e. The van der Waals surface area contributed by atoms with Crippen LogP contribution in [0.3, 0.4) is 0 Å². The van der Waals surface area contributed by atoms with E-state index in [9.17, 15) is 0 Å². The summed E-state index contributed by atoms with van der Waals surface area (Å²) in [6.07, 6.45) is 5.72. The summed E-state index contributed by atoms with van der Waals surface area (Å²) in [5, 5.41) is 7.15. The van der Waals surface area contributed by atoms with Crippen LogP contribution < -0.4 is 10.6 Å². The van der Waals surface area contributed by atoms with Crippen LogP contribution in [0.1, 0.15) is 46.5 Å². The lowest BCUT2D eigenvalue weighted by atomic mass is 9.46. The highest BCUT2D eigenvalue weighted by atomic mass is 16.5. The Morgan fingerprint density at radius 3 is 2.58 bits per heavy atom. The van der Waals surface area contributed by atoms with E-state index >= 15 is 0 Å². The molecule has 2 saturated carbocycles. The summed E-state index contributed by atoms with van der Waals surface area (Å²) in [6, 6.07) is 0.558. The van der Waals surface area contributed by atoms with E-state index in [-0.39, 0.29) is 5.54 Å². The van der Waals surface area contributed by atoms with Gasteiger partial charge < -0.3 is 15.4 Å². The van der Waals surface area contributed by atoms with Gasteiger partial charge in [0.15, 0.2) is 5.96 Å². The van der Waals surface area contributed by atoms with Crippen molar-refractivity contribution in [3.05, 3.63) is 0 Å². The molecule has 0 bridgehead atoms. The Bertz CT molecular complexity index is 381. The third kappa shape index (κ3) is 2.04. The first kappa shape index (κ1) is 13.2. The van der Waals surface area contributed by atoms with Crippen molar-refractivity contribution in [1.82, 2.24) is 10.6 Å². The third-order valence-electron chi connectivity index (χ3n) is 5.05. The first-order chi connectivity index (χ1) is 8.96. The molecule has 108 valence electrons. The second kappa shape index (κ2) is 4.37. The number of nitrogens with one attached hydrogen (secondary N) is 2. The lowest BCUT2D eigenvalue weighted by Gasteiger charge is -2.63. The van der Waals surface area contributed by atoms with Crippen LogP contribution in [-0.4, -0.2) is 37.3 Å². The zero-order chi connectivity index (χ0) is 13.7. The number of rotatable bonds is 1. The van der Waals surface area contributed by atoms with Crippen molar-refractivity contribution in [3.63, 3.8) is 0 Å². The molecule has 3 aliphatic rings. The van der Waals surface area contributed by atoms with Crippen LogP contribution in [0.25, 0.3) is 0 Å². The van der Waals surface area contributed by atoms with Crippen LogP contribution in [-0.2, 0) is 4.74 Å². The largest absolute Gasteiger partial charge is 0.377 e. The Kier molecular flexibility index (Phi) is 3.04. The summed E-state index contributed by atoms with van der Waals surface area (Å²) < 4.78 is 5.96. The minimum atomic E-state index is 0.0456. The lowest BCUT2D eigenvalue weighted by Crippen LogP contribution is -2.73. The molecule has 3 rings (SSSR count). The molecule has 0 aromatic heterocycles. The van der Waals surface area contributed by atoms with Crippen molar-refractivity contribution in [2.45, 2.75) is 64.1 Å². The fraction of sp³-hybridized carbons (Fsp3) is 0.933. The molecule has 4 heteroatoms. The molecular formula is C15H27N3O. The van der Waals surface area contributed by atoms with E-state index in [0.29, 0.717) is 23.5 Å². The maximum absolute atomic E-state index is 5.96. The van der Waals surface area contributed by atoms with Gasteiger partial charge in [-0.3, -0.25) is 4.99 Å². The molecule has 2 N–H and O–H groups in total. The molecule has 0 aromatic rings. The number of guanidine groups is 1. The minimum absolute atomic E-state index is 0.0456. The zero-order valence-corrected chi connectivity index (χ0v) is 12.6. The fourth-order valence-corrected chi connectivity index (χ4v) is 4.11. The van der Waals surface area contributed by atoms with Gasteiger partial charge in [-0.1, -0.05) is 6.42 Å². The van der Waals surface area contributed by atoms with E-state index < -0.39 is 0 Å². The van der Waals surface area contributed by atoms with Gasteiger partial charge in [0, 0.05) is 36.6 Å². The van der Waals surface area contributed by atoms with E-state index in [2.05, 4.69) is 36.4 Å². The molecule has 3 fully saturated rings. The van der Waals surface area contributed by atoms with Gasteiger partial charge in [-0.05, 0) is 40.0 Å². The molecule has 4 nitrogen and oxygen atoms in total. The molecule has 3 unspecified atom stereocenters. The van der Waals surface area contributed by atoms with Gasteiger partial charge in [0.2, 0.25) is 0 Å². The summed E-state index contributed by atoms with van der Waals surface area (Å²) >= 11 is 0. The number of hydrogen-bond donors (Lipinski definition) is 2. The molecule has 3 atom stereocenters. The molecule has 1 heterocycles. The molecule has 19 heavy (non-hydrogen) atoms. The summed E-state index contributed by atoms with van der Waals surface area (Å²) in [5.74, 6) is 1.63. The van der Waals surface area contributed by atoms with E-state index in [1.165, 1.54) is 25.7 Å². The minimum Gasteiger partial charge on any atom is -0.377 e. The number of hydrogen-bond acceptors (Lipinski definition) is 2. The Balaban J connectivity index is 1.68. The Labute approximate surface area is 116 Å². The normalized spacial score (nSPS) is 36.4. The van der Waals surface area contributed by atoms with Crippen LogP contribution in [0.15, 0.2) is 4.99 Å². The number of fused-ring (bicyclic) bond motifs is 2. The first-order valence-electron chi connectivity index (χ1n) is 7.59. The van der Waals surface area contributed by atoms with Crippen LogP contribution in [0.5, 0.6) is 0 Å². The molecule has 0 radical (unpaired) electrons. The highest BCUT2D eigenvalue weighted by molar-refractivity contribution is 5.81. The molecule has 0 aromatic carbocycles. The molecule has 2 aliphatic carbocycles. The smallest absolute Gasteiger partial charge is 0.191 e. The molecule has 0 amide bonds. The van der Waals surface area contributed by atoms with E-state index in [1.807, 2.05) is 7.05 Å². The summed E-state index contributed by atoms with van der Waals surface area (Å²) in [7, 11) is 1.86. The van der Waals surface area contributed by atoms with Crippen molar-refractivity contribution >= 4 is 5.96 Å². The van der Waals surface area contributed by atoms with Crippen LogP contribution >= 0.6 is 0 Å². The van der Waals surface area contributed by atoms with Gasteiger partial charge in [0.25, 0.3) is 0 Å². The van der Waals surface area contributed by atoms with Crippen molar-refractivity contribution in [3.8, 4) is 0 Å². The second-order valence-corrected chi connectivity index (χ2v) is 7.40. The fourth-order valence-electron chi connectivity index (χ4n) is 4.11. The zero-order valence-electron chi connectivity index (χ0n) is 12.6. The maximum atomic E-state index is 5.96. The topological polar surface area (TPSA) is 45.7 Å². The molecule has 1 spiro atoms. The van der Waals surface area contributed by atoms with Crippen molar-refractivity contribution < 1.29 is 4.74 Å². The SMILES string of the molecule is CN=C(NC1C2CCOC2C12CCC2)NC(C)(C)C. The standard InChI is InChI=1S/C15H27N3O/c1-14(2,3)18-13(16-4)17-11-10-6-9-19-12(10)15(11)7-5-8-15/h10-12H,5-9H2,1-4H3,(H2,16,17,18). The van der Waals surface area contributed by atoms with Gasteiger partial charge in [0.05, 0.1) is 6.10 Å². The van der Waals surface area contributed by atoms with Gasteiger partial charge in [-0.2, -0.15) is 0 Å². The highest BCUT2D eigenvalue weighted by Gasteiger charge is 2.66. The van der Waals surface area contributed by atoms with Gasteiger partial charge >= 0.3 is 0 Å². The average Bonchev–Trinajstić information content (AvgIpc) is 2.65. The van der Waals surface area contributed by atoms with E-state index in [0.717, 1.165) is 12.6 Å². The quantitative estimate of drug-likeness (QED) is 0.562. The van der Waals surface area contributed by atoms with Gasteiger partial charge in [0.1, 0.15) is 0 Å². The number of nitrogens with zero attached hydrogens (tertiary/aromatic N) is 1. The summed E-state index contributed by atoms with van der Waals surface area (Å²) in [4.78, 5) is 4.39. The molecular weight excluding hydrogens is 238 g/mol. The van der Waals surface area contributed by atoms with Crippen LogP contribution in [0.2, 0.25) is 0 Å². The predicted octanol–water partition coefficient (Wildman–Crippen LogP) is 1.91. The average molecular weight is 265 g/mol. The Hall–Kier alpha value is -0.770. The molecule has 1 saturated heterocycles.